The van der Waals surface area contributed by atoms with Crippen molar-refractivity contribution in [1.29, 1.82) is 0 Å². The molecule has 0 saturated carbocycles. The lowest BCUT2D eigenvalue weighted by Crippen LogP contribution is -2.16. The van der Waals surface area contributed by atoms with Gasteiger partial charge in [-0.2, -0.15) is 5.10 Å². The van der Waals surface area contributed by atoms with Gasteiger partial charge >= 0.3 is 0 Å². The summed E-state index contributed by atoms with van der Waals surface area (Å²) in [5, 5.41) is 5.30. The Balaban J connectivity index is 2.34. The van der Waals surface area contributed by atoms with E-state index in [2.05, 4.69) is 12.0 Å². The number of nitrogens with zero attached hydrogens (tertiary/aromatic N) is 2. The van der Waals surface area contributed by atoms with Crippen molar-refractivity contribution in [3.63, 3.8) is 0 Å². The quantitative estimate of drug-likeness (QED) is 0.726. The van der Waals surface area contributed by atoms with E-state index in [1.165, 1.54) is 0 Å². The van der Waals surface area contributed by atoms with Crippen LogP contribution in [0.3, 0.4) is 0 Å². The lowest BCUT2D eigenvalue weighted by molar-refractivity contribution is 0.614. The van der Waals surface area contributed by atoms with Crippen molar-refractivity contribution in [2.45, 2.75) is 19.9 Å². The van der Waals surface area contributed by atoms with Gasteiger partial charge < -0.3 is 0 Å². The molecule has 0 amide bonds. The molecule has 0 spiro atoms. The van der Waals surface area contributed by atoms with Gasteiger partial charge in [0.1, 0.15) is 5.69 Å². The van der Waals surface area contributed by atoms with Crippen molar-refractivity contribution in [2.24, 2.45) is 0 Å². The minimum atomic E-state index is -0.000784. The molecule has 0 radical (unpaired) electrons. The zero-order valence-electron chi connectivity index (χ0n) is 11.4. The fraction of sp³-hybridized carbons (Fsp3) is 0.176. The van der Waals surface area contributed by atoms with Crippen LogP contribution in [-0.4, -0.2) is 9.78 Å². The largest absolute Gasteiger partial charge is 0.287 e. The fourth-order valence-corrected chi connectivity index (χ4v) is 2.41. The molecule has 0 aliphatic heterocycles. The molecule has 3 aromatic rings. The molecule has 100 valence electrons. The zero-order chi connectivity index (χ0) is 13.9. The number of hydrogen-bond acceptors (Lipinski definition) is 2. The van der Waals surface area contributed by atoms with E-state index in [-0.39, 0.29) is 5.43 Å². The lowest BCUT2D eigenvalue weighted by atomic mass is 10.1. The van der Waals surface area contributed by atoms with Gasteiger partial charge in [-0.15, -0.1) is 0 Å². The Morgan fingerprint density at radius 2 is 1.70 bits per heavy atom. The standard InChI is InChI=1S/C17H16N2O/c1-2-12-19-15-11-7-6-10-14(15)17(20)16(18-19)13-8-4-3-5-9-13/h3-11H,2,12H2,1H3. The third kappa shape index (κ3) is 2.11. The van der Waals surface area contributed by atoms with Crippen LogP contribution in [0.15, 0.2) is 59.4 Å². The molecule has 3 rings (SSSR count). The van der Waals surface area contributed by atoms with Gasteiger partial charge in [-0.05, 0) is 18.6 Å². The summed E-state index contributed by atoms with van der Waals surface area (Å²) in [5.41, 5.74) is 2.30. The molecule has 3 heteroatoms. The Hall–Kier alpha value is -2.42. The highest BCUT2D eigenvalue weighted by Gasteiger charge is 2.11. The first-order valence-corrected chi connectivity index (χ1v) is 6.86. The average Bonchev–Trinajstić information content (AvgIpc) is 2.51. The van der Waals surface area contributed by atoms with Gasteiger partial charge in [0.25, 0.3) is 0 Å². The number of aryl methyl sites for hydroxylation is 1. The maximum Gasteiger partial charge on any atom is 0.215 e. The van der Waals surface area contributed by atoms with Gasteiger partial charge in [-0.3, -0.25) is 9.48 Å². The number of hydrogen-bond donors (Lipinski definition) is 0. The van der Waals surface area contributed by atoms with Crippen LogP contribution >= 0.6 is 0 Å². The highest BCUT2D eigenvalue weighted by molar-refractivity contribution is 5.82. The van der Waals surface area contributed by atoms with Crippen LogP contribution < -0.4 is 5.43 Å². The van der Waals surface area contributed by atoms with Gasteiger partial charge in [0.05, 0.1) is 5.52 Å². The molecule has 0 atom stereocenters. The maximum absolute atomic E-state index is 12.6. The third-order valence-electron chi connectivity index (χ3n) is 3.35. The molecule has 1 heterocycles. The van der Waals surface area contributed by atoms with Gasteiger partial charge in [-0.1, -0.05) is 49.4 Å². The maximum atomic E-state index is 12.6. The molecule has 0 N–H and O–H groups in total. The topological polar surface area (TPSA) is 34.9 Å². The minimum absolute atomic E-state index is 0.000784. The molecule has 0 bridgehead atoms. The Morgan fingerprint density at radius 3 is 2.45 bits per heavy atom. The van der Waals surface area contributed by atoms with Gasteiger partial charge in [-0.25, -0.2) is 0 Å². The van der Waals surface area contributed by atoms with Crippen molar-refractivity contribution >= 4 is 10.9 Å². The minimum Gasteiger partial charge on any atom is -0.287 e. The van der Waals surface area contributed by atoms with Crippen molar-refractivity contribution in [3.05, 3.63) is 64.8 Å². The molecular weight excluding hydrogens is 248 g/mol. The summed E-state index contributed by atoms with van der Waals surface area (Å²) in [6.45, 7) is 2.91. The Bertz CT molecular complexity index is 791. The first kappa shape index (κ1) is 12.6. The summed E-state index contributed by atoms with van der Waals surface area (Å²) in [6, 6.07) is 17.3. The van der Waals surface area contributed by atoms with E-state index in [0.29, 0.717) is 5.69 Å². The van der Waals surface area contributed by atoms with Gasteiger partial charge in [0.2, 0.25) is 5.43 Å². The first-order valence-electron chi connectivity index (χ1n) is 6.86. The van der Waals surface area contributed by atoms with E-state index in [0.717, 1.165) is 29.4 Å². The molecule has 0 unspecified atom stereocenters. The second-order valence-corrected chi connectivity index (χ2v) is 4.78. The predicted molar refractivity (Wildman–Crippen MR) is 81.7 cm³/mol. The molecule has 20 heavy (non-hydrogen) atoms. The van der Waals surface area contributed by atoms with E-state index in [4.69, 9.17) is 0 Å². The normalized spacial score (nSPS) is 10.8. The van der Waals surface area contributed by atoms with Crippen molar-refractivity contribution in [2.75, 3.05) is 0 Å². The Morgan fingerprint density at radius 1 is 1.00 bits per heavy atom. The molecular formula is C17H16N2O. The molecule has 0 saturated heterocycles. The number of aromatic nitrogens is 2. The summed E-state index contributed by atoms with van der Waals surface area (Å²) in [7, 11) is 0. The summed E-state index contributed by atoms with van der Waals surface area (Å²) >= 11 is 0. The summed E-state index contributed by atoms with van der Waals surface area (Å²) < 4.78 is 1.93. The number of para-hydroxylation sites is 1. The monoisotopic (exact) mass is 264 g/mol. The summed E-state index contributed by atoms with van der Waals surface area (Å²) in [5.74, 6) is 0. The SMILES string of the molecule is CCCn1nc(-c2ccccc2)c(=O)c2ccccc21. The smallest absolute Gasteiger partial charge is 0.215 e. The molecule has 0 fully saturated rings. The van der Waals surface area contributed by atoms with Crippen molar-refractivity contribution in [1.82, 2.24) is 9.78 Å². The molecule has 1 aromatic heterocycles. The van der Waals surface area contributed by atoms with Gasteiger partial charge in [0.15, 0.2) is 0 Å². The van der Waals surface area contributed by atoms with Crippen LogP contribution in [0.2, 0.25) is 0 Å². The van der Waals surface area contributed by atoms with Crippen LogP contribution in [0.1, 0.15) is 13.3 Å². The lowest BCUT2D eigenvalue weighted by Gasteiger charge is -2.11. The predicted octanol–water partition coefficient (Wildman–Crippen LogP) is 3.47. The van der Waals surface area contributed by atoms with Crippen LogP contribution in [0.4, 0.5) is 0 Å². The number of fused-ring (bicyclic) bond motifs is 1. The van der Waals surface area contributed by atoms with Crippen LogP contribution in [-0.2, 0) is 6.54 Å². The van der Waals surface area contributed by atoms with E-state index >= 15 is 0 Å². The number of rotatable bonds is 3. The third-order valence-corrected chi connectivity index (χ3v) is 3.35. The molecule has 3 nitrogen and oxygen atoms in total. The van der Waals surface area contributed by atoms with E-state index in [9.17, 15) is 4.79 Å². The van der Waals surface area contributed by atoms with E-state index in [1.54, 1.807) is 0 Å². The Labute approximate surface area is 117 Å². The van der Waals surface area contributed by atoms with Crippen molar-refractivity contribution in [3.8, 4) is 11.3 Å². The van der Waals surface area contributed by atoms with Crippen molar-refractivity contribution < 1.29 is 0 Å². The highest BCUT2D eigenvalue weighted by atomic mass is 16.1. The Kier molecular flexibility index (Phi) is 3.33. The average molecular weight is 264 g/mol. The molecule has 0 aliphatic carbocycles. The second-order valence-electron chi connectivity index (χ2n) is 4.78. The first-order chi connectivity index (χ1) is 9.81. The fourth-order valence-electron chi connectivity index (χ4n) is 2.41. The van der Waals surface area contributed by atoms with Crippen LogP contribution in [0, 0.1) is 0 Å². The van der Waals surface area contributed by atoms with Crippen LogP contribution in [0.25, 0.3) is 22.2 Å². The van der Waals surface area contributed by atoms with Crippen LogP contribution in [0.5, 0.6) is 0 Å². The molecule has 2 aromatic carbocycles. The molecule has 0 aliphatic rings. The zero-order valence-corrected chi connectivity index (χ0v) is 11.4. The van der Waals surface area contributed by atoms with E-state index < -0.39 is 0 Å². The second kappa shape index (κ2) is 5.29. The summed E-state index contributed by atoms with van der Waals surface area (Å²) in [4.78, 5) is 12.6. The highest BCUT2D eigenvalue weighted by Crippen LogP contribution is 2.17. The van der Waals surface area contributed by atoms with E-state index in [1.807, 2.05) is 59.3 Å². The number of benzene rings is 2. The summed E-state index contributed by atoms with van der Waals surface area (Å²) in [6.07, 6.45) is 0.980. The van der Waals surface area contributed by atoms with Gasteiger partial charge in [0, 0.05) is 17.5 Å².